The Kier molecular flexibility index (Phi) is 4.49. The van der Waals surface area contributed by atoms with E-state index in [2.05, 4.69) is 26.4 Å². The Labute approximate surface area is 108 Å². The lowest BCUT2D eigenvalue weighted by Crippen LogP contribution is -2.20. The Balaban J connectivity index is 1.94. The first-order chi connectivity index (χ1) is 8.29. The first-order valence-electron chi connectivity index (χ1n) is 5.33. The van der Waals surface area contributed by atoms with Crippen LogP contribution in [0.2, 0.25) is 0 Å². The van der Waals surface area contributed by atoms with Gasteiger partial charge in [0.05, 0.1) is 24.6 Å². The minimum Gasteiger partial charge on any atom is -0.377 e. The first-order valence-corrected chi connectivity index (χ1v) is 6.12. The van der Waals surface area contributed by atoms with E-state index in [0.717, 1.165) is 15.9 Å². The average Bonchev–Trinajstić information content (AvgIpc) is 2.79. The van der Waals surface area contributed by atoms with Gasteiger partial charge in [-0.05, 0) is 34.1 Å². The van der Waals surface area contributed by atoms with Crippen molar-refractivity contribution in [3.8, 4) is 0 Å². The van der Waals surface area contributed by atoms with E-state index in [1.165, 1.54) is 0 Å². The Hall–Kier alpha value is -0.950. The zero-order valence-corrected chi connectivity index (χ0v) is 10.8. The number of aromatic nitrogens is 1. The highest BCUT2D eigenvalue weighted by molar-refractivity contribution is 9.10. The maximum absolute atomic E-state index is 5.34. The monoisotopic (exact) mass is 299 g/mol. The van der Waals surface area contributed by atoms with Gasteiger partial charge in [0.1, 0.15) is 6.10 Å². The smallest absolute Gasteiger partial charge is 0.129 e. The largest absolute Gasteiger partial charge is 0.377 e. The molecule has 0 saturated carbocycles. The summed E-state index contributed by atoms with van der Waals surface area (Å²) in [7, 11) is 0. The van der Waals surface area contributed by atoms with Crippen LogP contribution in [-0.4, -0.2) is 30.8 Å². The van der Waals surface area contributed by atoms with Gasteiger partial charge >= 0.3 is 0 Å². The van der Waals surface area contributed by atoms with Gasteiger partial charge in [-0.2, -0.15) is 0 Å². The summed E-state index contributed by atoms with van der Waals surface area (Å²) in [5.74, 6) is 0. The summed E-state index contributed by atoms with van der Waals surface area (Å²) in [5.41, 5.74) is 9.88. The Morgan fingerprint density at radius 2 is 2.41 bits per heavy atom. The van der Waals surface area contributed by atoms with Crippen LogP contribution >= 0.6 is 15.9 Å². The zero-order chi connectivity index (χ0) is 12.1. The lowest BCUT2D eigenvalue weighted by atomic mass is 10.2. The second-order valence-electron chi connectivity index (χ2n) is 3.56. The Bertz CT molecular complexity index is 394. The van der Waals surface area contributed by atoms with Crippen molar-refractivity contribution < 1.29 is 9.57 Å². The maximum Gasteiger partial charge on any atom is 0.129 e. The number of nitrogens with one attached hydrogen (secondary N) is 1. The fourth-order valence-corrected chi connectivity index (χ4v) is 1.67. The number of nitrogens with two attached hydrogens (primary N) is 1. The summed E-state index contributed by atoms with van der Waals surface area (Å²) >= 11 is 3.34. The number of hydroxylamine groups is 1. The fourth-order valence-electron chi connectivity index (χ4n) is 1.43. The topological polar surface area (TPSA) is 69.4 Å². The van der Waals surface area contributed by atoms with Gasteiger partial charge in [0.25, 0.3) is 0 Å². The summed E-state index contributed by atoms with van der Waals surface area (Å²) in [6.45, 7) is 1.55. The van der Waals surface area contributed by atoms with E-state index in [0.29, 0.717) is 19.8 Å². The molecule has 0 radical (unpaired) electrons. The second kappa shape index (κ2) is 6.11. The van der Waals surface area contributed by atoms with Gasteiger partial charge < -0.3 is 10.5 Å². The lowest BCUT2D eigenvalue weighted by Gasteiger charge is -2.07. The van der Waals surface area contributed by atoms with E-state index in [1.807, 2.05) is 18.2 Å². The zero-order valence-electron chi connectivity index (χ0n) is 9.23. The molecule has 0 amide bonds. The molecule has 1 aliphatic heterocycles. The lowest BCUT2D eigenvalue weighted by molar-refractivity contribution is -0.00837. The molecule has 2 rings (SSSR count). The number of hydrogen-bond donors (Lipinski definition) is 2. The van der Waals surface area contributed by atoms with Gasteiger partial charge in [-0.15, -0.1) is 0 Å². The first kappa shape index (κ1) is 12.5. The van der Waals surface area contributed by atoms with Crippen molar-refractivity contribution in [1.29, 1.82) is 0 Å². The quantitative estimate of drug-likeness (QED) is 0.796. The van der Waals surface area contributed by atoms with Gasteiger partial charge in [0.2, 0.25) is 0 Å². The van der Waals surface area contributed by atoms with Crippen molar-refractivity contribution in [3.05, 3.63) is 34.6 Å². The number of hydrogen-bond acceptors (Lipinski definition) is 5. The molecule has 0 saturated heterocycles. The third-order valence-electron chi connectivity index (χ3n) is 2.22. The highest BCUT2D eigenvalue weighted by Gasteiger charge is 2.18. The third kappa shape index (κ3) is 3.50. The van der Waals surface area contributed by atoms with Crippen LogP contribution in [0.25, 0.3) is 5.70 Å². The van der Waals surface area contributed by atoms with Crippen molar-refractivity contribution in [2.75, 3.05) is 19.8 Å². The molecule has 92 valence electrons. The molecule has 1 aromatic rings. The van der Waals surface area contributed by atoms with Crippen molar-refractivity contribution >= 4 is 21.6 Å². The molecule has 0 unspecified atom stereocenters. The molecule has 0 bridgehead atoms. The van der Waals surface area contributed by atoms with Gasteiger partial charge in [-0.3, -0.25) is 15.3 Å². The van der Waals surface area contributed by atoms with E-state index in [-0.39, 0.29) is 6.10 Å². The predicted molar refractivity (Wildman–Crippen MR) is 67.8 cm³/mol. The molecule has 5 nitrogen and oxygen atoms in total. The predicted octanol–water partition coefficient (Wildman–Crippen LogP) is 1.06. The van der Waals surface area contributed by atoms with Crippen LogP contribution in [0.1, 0.15) is 5.69 Å². The van der Waals surface area contributed by atoms with E-state index in [9.17, 15) is 0 Å². The van der Waals surface area contributed by atoms with Crippen molar-refractivity contribution in [1.82, 2.24) is 10.5 Å². The number of rotatable bonds is 5. The Morgan fingerprint density at radius 1 is 1.53 bits per heavy atom. The van der Waals surface area contributed by atoms with Gasteiger partial charge in [0.15, 0.2) is 0 Å². The number of ether oxygens (including phenoxy) is 1. The average molecular weight is 300 g/mol. The molecular weight excluding hydrogens is 286 g/mol. The van der Waals surface area contributed by atoms with E-state index >= 15 is 0 Å². The molecule has 1 aliphatic rings. The van der Waals surface area contributed by atoms with E-state index < -0.39 is 0 Å². The number of halogens is 1. The summed E-state index contributed by atoms with van der Waals surface area (Å²) in [6.07, 6.45) is 3.60. The molecule has 6 heteroatoms. The molecule has 0 aliphatic carbocycles. The summed E-state index contributed by atoms with van der Waals surface area (Å²) in [4.78, 5) is 9.61. The van der Waals surface area contributed by atoms with E-state index in [1.54, 1.807) is 6.20 Å². The SMILES string of the molecule is NCCOC[C@@H]1C=C(c2ccc(Br)cn2)NO1. The van der Waals surface area contributed by atoms with Crippen molar-refractivity contribution in [2.45, 2.75) is 6.10 Å². The standard InChI is InChI=1S/C11H14BrN3O2/c12-8-1-2-10(14-6-8)11-5-9(17-15-11)7-16-4-3-13/h1-2,5-6,9,15H,3-4,7,13H2/t9-/m0/s1. The summed E-state index contributed by atoms with van der Waals surface area (Å²) in [5, 5.41) is 0. The number of pyridine rings is 1. The van der Waals surface area contributed by atoms with Gasteiger partial charge in [-0.25, -0.2) is 0 Å². The normalized spacial score (nSPS) is 18.9. The third-order valence-corrected chi connectivity index (χ3v) is 2.69. The molecule has 17 heavy (non-hydrogen) atoms. The molecule has 3 N–H and O–H groups in total. The number of nitrogens with zero attached hydrogens (tertiary/aromatic N) is 1. The molecule has 0 spiro atoms. The van der Waals surface area contributed by atoms with Crippen LogP contribution in [0.15, 0.2) is 28.9 Å². The van der Waals surface area contributed by atoms with Crippen LogP contribution in [0, 0.1) is 0 Å². The molecule has 1 aromatic heterocycles. The fraction of sp³-hybridized carbons (Fsp3) is 0.364. The van der Waals surface area contributed by atoms with Crippen LogP contribution in [-0.2, 0) is 9.57 Å². The highest BCUT2D eigenvalue weighted by Crippen LogP contribution is 2.18. The minimum atomic E-state index is -0.0954. The molecule has 0 aromatic carbocycles. The highest BCUT2D eigenvalue weighted by atomic mass is 79.9. The van der Waals surface area contributed by atoms with Gasteiger partial charge in [-0.1, -0.05) is 0 Å². The van der Waals surface area contributed by atoms with Crippen molar-refractivity contribution in [2.24, 2.45) is 5.73 Å². The Morgan fingerprint density at radius 3 is 3.12 bits per heavy atom. The molecule has 0 fully saturated rings. The maximum atomic E-state index is 5.34. The van der Waals surface area contributed by atoms with Crippen molar-refractivity contribution in [3.63, 3.8) is 0 Å². The molecule has 2 heterocycles. The summed E-state index contributed by atoms with van der Waals surface area (Å²) in [6, 6.07) is 3.85. The molecule has 1 atom stereocenters. The van der Waals surface area contributed by atoms with Crippen LogP contribution < -0.4 is 11.2 Å². The van der Waals surface area contributed by atoms with E-state index in [4.69, 9.17) is 15.3 Å². The minimum absolute atomic E-state index is 0.0954. The van der Waals surface area contributed by atoms with Crippen LogP contribution in [0.3, 0.4) is 0 Å². The van der Waals surface area contributed by atoms with Crippen LogP contribution in [0.5, 0.6) is 0 Å². The van der Waals surface area contributed by atoms with Crippen LogP contribution in [0.4, 0.5) is 0 Å². The second-order valence-corrected chi connectivity index (χ2v) is 4.48. The molecular formula is C11H14BrN3O2. The van der Waals surface area contributed by atoms with Gasteiger partial charge in [0, 0.05) is 17.2 Å². The summed E-state index contributed by atoms with van der Waals surface area (Å²) < 4.78 is 6.26.